The van der Waals surface area contributed by atoms with Crippen LogP contribution in [0.25, 0.3) is 0 Å². The van der Waals surface area contributed by atoms with E-state index in [1.165, 1.54) is 238 Å². The van der Waals surface area contributed by atoms with E-state index in [1.54, 1.807) is 0 Å². The van der Waals surface area contributed by atoms with Crippen LogP contribution in [0.1, 0.15) is 361 Å². The van der Waals surface area contributed by atoms with Gasteiger partial charge in [0.05, 0.1) is 0 Å². The van der Waals surface area contributed by atoms with Gasteiger partial charge in [0.1, 0.15) is 13.2 Å². The molecule has 454 valence electrons. The van der Waals surface area contributed by atoms with E-state index in [4.69, 9.17) is 14.2 Å². The monoisotopic (exact) mass is 1090 g/mol. The van der Waals surface area contributed by atoms with Crippen LogP contribution in [0.4, 0.5) is 0 Å². The molecule has 78 heavy (non-hydrogen) atoms. The first kappa shape index (κ1) is 75.1. The average molecular weight is 1090 g/mol. The number of carbonyl (C=O) groups is 3. The summed E-state index contributed by atoms with van der Waals surface area (Å²) in [5.41, 5.74) is 0. The second kappa shape index (κ2) is 66.6. The molecule has 0 aliphatic heterocycles. The van der Waals surface area contributed by atoms with Gasteiger partial charge in [-0.1, -0.05) is 313 Å². The van der Waals surface area contributed by atoms with E-state index in [2.05, 4.69) is 81.5 Å². The van der Waals surface area contributed by atoms with Crippen molar-refractivity contribution in [3.8, 4) is 0 Å². The first-order valence-corrected chi connectivity index (χ1v) is 34.3. The van der Waals surface area contributed by atoms with Gasteiger partial charge < -0.3 is 14.2 Å². The Hall–Kier alpha value is -2.89. The predicted molar refractivity (Wildman–Crippen MR) is 339 cm³/mol. The Morgan fingerprint density at radius 3 is 0.718 bits per heavy atom. The summed E-state index contributed by atoms with van der Waals surface area (Å²) in [6, 6.07) is 0. The van der Waals surface area contributed by atoms with Crippen LogP contribution in [0.15, 0.2) is 60.8 Å². The molecule has 0 N–H and O–H groups in total. The van der Waals surface area contributed by atoms with Gasteiger partial charge in [-0.15, -0.1) is 0 Å². The number of esters is 3. The summed E-state index contributed by atoms with van der Waals surface area (Å²) in [4.78, 5) is 38.4. The zero-order valence-electron chi connectivity index (χ0n) is 52.2. The SMILES string of the molecule is CCCCCCC/C=C\C/C=C\C/C=C\CCCCCCCCCCC(=O)OCC(COC(=O)CCCCCCCCCCCCCCCC)OC(=O)CCCCCCCCCCCCC/C=C\C/C=C\CCCCCCC. The molecule has 0 spiro atoms. The van der Waals surface area contributed by atoms with E-state index < -0.39 is 6.10 Å². The van der Waals surface area contributed by atoms with E-state index in [-0.39, 0.29) is 31.1 Å². The first-order chi connectivity index (χ1) is 38.5. The Morgan fingerprint density at radius 1 is 0.256 bits per heavy atom. The minimum atomic E-state index is -0.778. The van der Waals surface area contributed by atoms with Gasteiger partial charge >= 0.3 is 17.9 Å². The zero-order valence-corrected chi connectivity index (χ0v) is 52.2. The highest BCUT2D eigenvalue weighted by Gasteiger charge is 2.19. The largest absolute Gasteiger partial charge is 0.462 e. The van der Waals surface area contributed by atoms with Gasteiger partial charge in [-0.3, -0.25) is 14.4 Å². The molecular weight excluding hydrogens is 961 g/mol. The van der Waals surface area contributed by atoms with Crippen molar-refractivity contribution in [2.45, 2.75) is 367 Å². The molecular formula is C72H130O6. The van der Waals surface area contributed by atoms with E-state index >= 15 is 0 Å². The predicted octanol–water partition coefficient (Wildman–Crippen LogP) is 23.5. The fraction of sp³-hybridized carbons (Fsp3) is 0.819. The smallest absolute Gasteiger partial charge is 0.306 e. The van der Waals surface area contributed by atoms with Crippen LogP contribution in [0.3, 0.4) is 0 Å². The van der Waals surface area contributed by atoms with E-state index in [0.29, 0.717) is 19.3 Å². The summed E-state index contributed by atoms with van der Waals surface area (Å²) >= 11 is 0. The molecule has 0 fully saturated rings. The molecule has 0 saturated heterocycles. The number of unbranched alkanes of at least 4 members (excludes halogenated alkanes) is 42. The molecule has 0 aromatic rings. The number of rotatable bonds is 63. The number of carbonyl (C=O) groups excluding carboxylic acids is 3. The van der Waals surface area contributed by atoms with Crippen LogP contribution in [0.2, 0.25) is 0 Å². The van der Waals surface area contributed by atoms with Crippen LogP contribution in [-0.4, -0.2) is 37.2 Å². The number of hydrogen-bond acceptors (Lipinski definition) is 6. The van der Waals surface area contributed by atoms with E-state index in [0.717, 1.165) is 83.5 Å². The fourth-order valence-corrected chi connectivity index (χ4v) is 10.1. The molecule has 1 atom stereocenters. The molecule has 0 saturated carbocycles. The minimum Gasteiger partial charge on any atom is -0.462 e. The lowest BCUT2D eigenvalue weighted by Crippen LogP contribution is -2.30. The third-order valence-electron chi connectivity index (χ3n) is 15.2. The molecule has 0 rings (SSSR count). The lowest BCUT2D eigenvalue weighted by molar-refractivity contribution is -0.167. The molecule has 0 bridgehead atoms. The van der Waals surface area contributed by atoms with Crippen molar-refractivity contribution in [1.82, 2.24) is 0 Å². The fourth-order valence-electron chi connectivity index (χ4n) is 10.1. The molecule has 0 radical (unpaired) electrons. The van der Waals surface area contributed by atoms with Crippen LogP contribution < -0.4 is 0 Å². The highest BCUT2D eigenvalue weighted by molar-refractivity contribution is 5.71. The van der Waals surface area contributed by atoms with Crippen molar-refractivity contribution in [2.24, 2.45) is 0 Å². The summed E-state index contributed by atoms with van der Waals surface area (Å²) in [6.07, 6.45) is 85.1. The molecule has 0 aliphatic carbocycles. The first-order valence-electron chi connectivity index (χ1n) is 34.3. The Balaban J connectivity index is 4.32. The summed E-state index contributed by atoms with van der Waals surface area (Å²) in [5.74, 6) is -0.861. The molecule has 1 unspecified atom stereocenters. The summed E-state index contributed by atoms with van der Waals surface area (Å²) in [5, 5.41) is 0. The van der Waals surface area contributed by atoms with Crippen molar-refractivity contribution >= 4 is 17.9 Å². The van der Waals surface area contributed by atoms with Crippen LogP contribution in [-0.2, 0) is 28.6 Å². The van der Waals surface area contributed by atoms with Gasteiger partial charge in [-0.2, -0.15) is 0 Å². The van der Waals surface area contributed by atoms with Crippen LogP contribution >= 0.6 is 0 Å². The summed E-state index contributed by atoms with van der Waals surface area (Å²) in [6.45, 7) is 6.67. The van der Waals surface area contributed by atoms with Gasteiger partial charge in [-0.25, -0.2) is 0 Å². The molecule has 0 heterocycles. The Kier molecular flexibility index (Phi) is 64.2. The van der Waals surface area contributed by atoms with Crippen molar-refractivity contribution in [2.75, 3.05) is 13.2 Å². The van der Waals surface area contributed by atoms with Gasteiger partial charge in [0.25, 0.3) is 0 Å². The normalized spacial score (nSPS) is 12.4. The van der Waals surface area contributed by atoms with Gasteiger partial charge in [0.2, 0.25) is 0 Å². The minimum absolute atomic E-state index is 0.0736. The third-order valence-corrected chi connectivity index (χ3v) is 15.2. The highest BCUT2D eigenvalue weighted by atomic mass is 16.6. The van der Waals surface area contributed by atoms with Crippen molar-refractivity contribution in [1.29, 1.82) is 0 Å². The quantitative estimate of drug-likeness (QED) is 0.0261. The van der Waals surface area contributed by atoms with Crippen LogP contribution in [0, 0.1) is 0 Å². The molecule has 6 heteroatoms. The molecule has 0 amide bonds. The molecule has 0 aromatic carbocycles. The van der Waals surface area contributed by atoms with Gasteiger partial charge in [0, 0.05) is 19.3 Å². The molecule has 0 aromatic heterocycles. The lowest BCUT2D eigenvalue weighted by Gasteiger charge is -2.18. The standard InChI is InChI=1S/C72H130O6/c1-4-7-10-13-16-19-22-25-28-30-32-34-36-38-40-42-44-47-50-53-56-59-62-65-71(74)77-68-69(67-76-70(73)64-61-58-55-52-49-46-27-24-21-18-15-12-9-6-3)78-72(75)66-63-60-57-54-51-48-45-43-41-39-37-35-33-31-29-26-23-20-17-14-11-8-5-2/h22-23,25-26,30-33,36,38,69H,4-21,24,27-29,34-35,37,39-68H2,1-3H3/b25-22-,26-23-,32-30-,33-31-,38-36-. The lowest BCUT2D eigenvalue weighted by atomic mass is 10.0. The van der Waals surface area contributed by atoms with Crippen LogP contribution in [0.5, 0.6) is 0 Å². The van der Waals surface area contributed by atoms with Gasteiger partial charge in [0.15, 0.2) is 6.10 Å². The zero-order chi connectivity index (χ0) is 56.4. The van der Waals surface area contributed by atoms with Crippen molar-refractivity contribution in [3.63, 3.8) is 0 Å². The second-order valence-corrected chi connectivity index (χ2v) is 23.1. The maximum Gasteiger partial charge on any atom is 0.306 e. The maximum atomic E-state index is 12.9. The number of allylic oxidation sites excluding steroid dienone is 10. The topological polar surface area (TPSA) is 78.9 Å². The Labute approximate surface area is 485 Å². The molecule has 6 nitrogen and oxygen atoms in total. The number of ether oxygens (including phenoxy) is 3. The summed E-state index contributed by atoms with van der Waals surface area (Å²) in [7, 11) is 0. The Bertz CT molecular complexity index is 1390. The molecule has 0 aliphatic rings. The maximum absolute atomic E-state index is 12.9. The van der Waals surface area contributed by atoms with Gasteiger partial charge in [-0.05, 0) is 89.9 Å². The highest BCUT2D eigenvalue weighted by Crippen LogP contribution is 2.17. The third kappa shape index (κ3) is 63.9. The van der Waals surface area contributed by atoms with Crippen molar-refractivity contribution in [3.05, 3.63) is 60.8 Å². The van der Waals surface area contributed by atoms with E-state index in [9.17, 15) is 14.4 Å². The van der Waals surface area contributed by atoms with Crippen molar-refractivity contribution < 1.29 is 28.6 Å². The van der Waals surface area contributed by atoms with E-state index in [1.807, 2.05) is 0 Å². The summed E-state index contributed by atoms with van der Waals surface area (Å²) < 4.78 is 17.0. The average Bonchev–Trinajstić information content (AvgIpc) is 3.44. The second-order valence-electron chi connectivity index (χ2n) is 23.1. The number of hydrogen-bond donors (Lipinski definition) is 0. The Morgan fingerprint density at radius 2 is 0.462 bits per heavy atom.